The number of amides is 1. The van der Waals surface area contributed by atoms with Crippen molar-refractivity contribution in [2.24, 2.45) is 0 Å². The maximum absolute atomic E-state index is 13.1. The maximum Gasteiger partial charge on any atom is 0.246 e. The number of piperazine rings is 1. The van der Waals surface area contributed by atoms with Crippen LogP contribution in [0.5, 0.6) is 17.4 Å². The molecule has 1 aliphatic rings. The van der Waals surface area contributed by atoms with E-state index in [1.165, 1.54) is 35.4 Å². The molecule has 10 heteroatoms. The van der Waals surface area contributed by atoms with E-state index in [0.717, 1.165) is 49.4 Å². The average Bonchev–Trinajstić information content (AvgIpc) is 3.14. The molecule has 6 rings (SSSR count). The quantitative estimate of drug-likeness (QED) is 0.125. The Morgan fingerprint density at radius 3 is 2.18 bits per heavy atom. The van der Waals surface area contributed by atoms with E-state index in [1.807, 2.05) is 11.0 Å². The van der Waals surface area contributed by atoms with E-state index in [-0.39, 0.29) is 17.5 Å². The molecule has 0 saturated carbocycles. The average molecular weight is 695 g/mol. The van der Waals surface area contributed by atoms with Gasteiger partial charge in [0.05, 0.1) is 11.2 Å². The first-order chi connectivity index (χ1) is 24.4. The van der Waals surface area contributed by atoms with Gasteiger partial charge in [0.25, 0.3) is 0 Å². The summed E-state index contributed by atoms with van der Waals surface area (Å²) in [5.74, 6) is 0.774. The first-order valence-electron chi connectivity index (χ1n) is 16.4. The third kappa shape index (κ3) is 10.1. The van der Waals surface area contributed by atoms with Crippen molar-refractivity contribution in [3.8, 4) is 17.4 Å². The Balaban J connectivity index is 0.910. The molecule has 1 aliphatic heterocycles. The monoisotopic (exact) mass is 694 g/mol. The number of carbonyl (C=O) groups is 1. The van der Waals surface area contributed by atoms with Gasteiger partial charge in [-0.1, -0.05) is 54.1 Å². The number of rotatable bonds is 13. The first kappa shape index (κ1) is 34.6. The zero-order chi connectivity index (χ0) is 34.7. The van der Waals surface area contributed by atoms with Crippen LogP contribution in [0.4, 0.5) is 14.5 Å². The summed E-state index contributed by atoms with van der Waals surface area (Å²) in [4.78, 5) is 21.4. The number of aromatic nitrogens is 1. The van der Waals surface area contributed by atoms with Crippen molar-refractivity contribution in [3.05, 3.63) is 154 Å². The Morgan fingerprint density at radius 2 is 1.50 bits per heavy atom. The standard InChI is InChI=1S/C40H37ClF2N4O3/c41-37-25-30(7-16-38(37)50-39-17-15-36(26-45-39)49-28-32-5-9-33(42)10-6-32)8-18-40(48)47-23-21-46(22-24-47)27-31-3-1-29(2-4-31)19-20-44-35-13-11-34(43)12-14-35/h1-18,25-26,44H,19-24,27-28H2. The molecule has 1 N–H and O–H groups in total. The summed E-state index contributed by atoms with van der Waals surface area (Å²) in [6.07, 6.45) is 5.76. The lowest BCUT2D eigenvalue weighted by atomic mass is 10.1. The van der Waals surface area contributed by atoms with Crippen LogP contribution in [0.25, 0.3) is 6.08 Å². The van der Waals surface area contributed by atoms with Crippen LogP contribution in [-0.2, 0) is 24.4 Å². The number of carbonyl (C=O) groups excluding carboxylic acids is 1. The minimum Gasteiger partial charge on any atom is -0.487 e. The smallest absolute Gasteiger partial charge is 0.246 e. The highest BCUT2D eigenvalue weighted by Gasteiger charge is 2.19. The fourth-order valence-corrected chi connectivity index (χ4v) is 5.69. The van der Waals surface area contributed by atoms with Crippen LogP contribution in [-0.4, -0.2) is 53.4 Å². The zero-order valence-corrected chi connectivity index (χ0v) is 28.2. The van der Waals surface area contributed by atoms with Gasteiger partial charge in [-0.25, -0.2) is 13.8 Å². The van der Waals surface area contributed by atoms with Crippen molar-refractivity contribution in [2.75, 3.05) is 38.0 Å². The van der Waals surface area contributed by atoms with E-state index in [0.29, 0.717) is 42.1 Å². The molecule has 0 spiro atoms. The van der Waals surface area contributed by atoms with E-state index < -0.39 is 0 Å². The van der Waals surface area contributed by atoms with Gasteiger partial charge in [-0.3, -0.25) is 9.69 Å². The van der Waals surface area contributed by atoms with Crippen molar-refractivity contribution in [2.45, 2.75) is 19.6 Å². The molecule has 1 aromatic heterocycles. The molecule has 0 unspecified atom stereocenters. The van der Waals surface area contributed by atoms with Gasteiger partial charge in [0.1, 0.15) is 29.7 Å². The van der Waals surface area contributed by atoms with Gasteiger partial charge in [0.15, 0.2) is 0 Å². The molecule has 0 atom stereocenters. The summed E-state index contributed by atoms with van der Waals surface area (Å²) in [5, 5.41) is 3.71. The number of pyridine rings is 1. The van der Waals surface area contributed by atoms with E-state index in [1.54, 1.807) is 66.9 Å². The Morgan fingerprint density at radius 1 is 0.820 bits per heavy atom. The second-order valence-corrected chi connectivity index (χ2v) is 12.4. The van der Waals surface area contributed by atoms with Crippen molar-refractivity contribution >= 4 is 29.3 Å². The molecular formula is C40H37ClF2N4O3. The number of nitrogens with zero attached hydrogens (tertiary/aromatic N) is 3. The maximum atomic E-state index is 13.1. The molecule has 2 heterocycles. The van der Waals surface area contributed by atoms with Gasteiger partial charge in [-0.2, -0.15) is 0 Å². The fraction of sp³-hybridized carbons (Fsp3) is 0.200. The molecule has 0 aliphatic carbocycles. The molecule has 1 fully saturated rings. The lowest BCUT2D eigenvalue weighted by Crippen LogP contribution is -2.47. The van der Waals surface area contributed by atoms with Crippen molar-refractivity contribution in [1.29, 1.82) is 0 Å². The normalized spacial score (nSPS) is 13.4. The second kappa shape index (κ2) is 16.9. The highest BCUT2D eigenvalue weighted by Crippen LogP contribution is 2.30. The summed E-state index contributed by atoms with van der Waals surface area (Å²) in [6.45, 7) is 4.82. The van der Waals surface area contributed by atoms with Crippen molar-refractivity contribution < 1.29 is 23.0 Å². The van der Waals surface area contributed by atoms with Crippen LogP contribution in [0.3, 0.4) is 0 Å². The van der Waals surface area contributed by atoms with E-state index in [4.69, 9.17) is 21.1 Å². The number of anilines is 1. The van der Waals surface area contributed by atoms with E-state index in [2.05, 4.69) is 39.5 Å². The predicted molar refractivity (Wildman–Crippen MR) is 192 cm³/mol. The lowest BCUT2D eigenvalue weighted by molar-refractivity contribution is -0.127. The van der Waals surface area contributed by atoms with Crippen LogP contribution >= 0.6 is 11.6 Å². The Labute approximate surface area is 295 Å². The largest absolute Gasteiger partial charge is 0.487 e. The van der Waals surface area contributed by atoms with Gasteiger partial charge in [0.2, 0.25) is 11.8 Å². The molecule has 256 valence electrons. The molecule has 4 aromatic carbocycles. The summed E-state index contributed by atoms with van der Waals surface area (Å²) < 4.78 is 37.7. The molecule has 0 radical (unpaired) electrons. The number of ether oxygens (including phenoxy) is 2. The third-order valence-electron chi connectivity index (χ3n) is 8.32. The molecule has 7 nitrogen and oxygen atoms in total. The van der Waals surface area contributed by atoms with Crippen molar-refractivity contribution in [3.63, 3.8) is 0 Å². The third-order valence-corrected chi connectivity index (χ3v) is 8.61. The highest BCUT2D eigenvalue weighted by atomic mass is 35.5. The molecule has 1 amide bonds. The number of hydrogen-bond acceptors (Lipinski definition) is 6. The van der Waals surface area contributed by atoms with E-state index in [9.17, 15) is 13.6 Å². The first-order valence-corrected chi connectivity index (χ1v) is 16.8. The molecule has 0 bridgehead atoms. The summed E-state index contributed by atoms with van der Waals surface area (Å²) in [6, 6.07) is 29.9. The minimum absolute atomic E-state index is 0.0364. The summed E-state index contributed by atoms with van der Waals surface area (Å²) in [7, 11) is 0. The number of hydrogen-bond donors (Lipinski definition) is 1. The van der Waals surface area contributed by atoms with Gasteiger partial charge in [0, 0.05) is 57.1 Å². The zero-order valence-electron chi connectivity index (χ0n) is 27.4. The Kier molecular flexibility index (Phi) is 11.7. The van der Waals surface area contributed by atoms with Gasteiger partial charge in [-0.05, 0) is 89.3 Å². The van der Waals surface area contributed by atoms with Gasteiger partial charge >= 0.3 is 0 Å². The molecule has 50 heavy (non-hydrogen) atoms. The fourth-order valence-electron chi connectivity index (χ4n) is 5.46. The van der Waals surface area contributed by atoms with E-state index >= 15 is 0 Å². The Bertz CT molecular complexity index is 1880. The molecule has 1 saturated heterocycles. The molecule has 5 aromatic rings. The molecular weight excluding hydrogens is 658 g/mol. The van der Waals surface area contributed by atoms with Crippen LogP contribution in [0.2, 0.25) is 5.02 Å². The highest BCUT2D eigenvalue weighted by molar-refractivity contribution is 6.32. The van der Waals surface area contributed by atoms with Crippen LogP contribution in [0.15, 0.2) is 115 Å². The van der Waals surface area contributed by atoms with Crippen LogP contribution < -0.4 is 14.8 Å². The second-order valence-electron chi connectivity index (χ2n) is 12.0. The number of benzene rings is 4. The summed E-state index contributed by atoms with van der Waals surface area (Å²) in [5.41, 5.74) is 5.01. The van der Waals surface area contributed by atoms with Crippen LogP contribution in [0.1, 0.15) is 22.3 Å². The SMILES string of the molecule is O=C(C=Cc1ccc(Oc2ccc(OCc3ccc(F)cc3)cn2)c(Cl)c1)N1CCN(Cc2ccc(CCNc3ccc(F)cc3)cc2)CC1. The predicted octanol–water partition coefficient (Wildman–Crippen LogP) is 8.40. The van der Waals surface area contributed by atoms with Gasteiger partial charge in [-0.15, -0.1) is 0 Å². The number of halogens is 3. The van der Waals surface area contributed by atoms with Crippen LogP contribution in [0, 0.1) is 11.6 Å². The van der Waals surface area contributed by atoms with Gasteiger partial charge < -0.3 is 19.7 Å². The lowest BCUT2D eigenvalue weighted by Gasteiger charge is -2.34. The topological polar surface area (TPSA) is 66.9 Å². The minimum atomic E-state index is -0.292. The Hall–Kier alpha value is -5.25. The van der Waals surface area contributed by atoms with Crippen molar-refractivity contribution in [1.82, 2.24) is 14.8 Å². The number of nitrogens with one attached hydrogen (secondary N) is 1. The summed E-state index contributed by atoms with van der Waals surface area (Å²) >= 11 is 6.49.